The fraction of sp³-hybridized carbons (Fsp3) is 0.462. The van der Waals surface area contributed by atoms with Crippen molar-refractivity contribution in [2.75, 3.05) is 13.2 Å². The first-order chi connectivity index (χ1) is 8.63. The van der Waals surface area contributed by atoms with E-state index in [2.05, 4.69) is 23.4 Å². The lowest BCUT2D eigenvalue weighted by Crippen LogP contribution is -2.12. The lowest BCUT2D eigenvalue weighted by Gasteiger charge is -2.13. The number of rotatable bonds is 5. The summed E-state index contributed by atoms with van der Waals surface area (Å²) in [6, 6.07) is 6.08. The van der Waals surface area contributed by atoms with Gasteiger partial charge in [0.2, 0.25) is 0 Å². The highest BCUT2D eigenvalue weighted by Crippen LogP contribution is 2.24. The van der Waals surface area contributed by atoms with E-state index in [1.807, 2.05) is 18.2 Å². The number of halogens is 1. The van der Waals surface area contributed by atoms with E-state index < -0.39 is 0 Å². The predicted molar refractivity (Wildman–Crippen MR) is 73.8 cm³/mol. The Morgan fingerprint density at radius 3 is 2.89 bits per heavy atom. The van der Waals surface area contributed by atoms with Gasteiger partial charge in [-0.2, -0.15) is 0 Å². The van der Waals surface area contributed by atoms with Gasteiger partial charge in [0.05, 0.1) is 17.6 Å². The number of fused-ring (bicyclic) bond motifs is 1. The molecular weight excluding hydrogens is 250 g/mol. The van der Waals surface area contributed by atoms with Crippen LogP contribution in [-0.4, -0.2) is 22.7 Å². The van der Waals surface area contributed by atoms with Crippen LogP contribution in [0.2, 0.25) is 5.02 Å². The number of imidazole rings is 1. The van der Waals surface area contributed by atoms with Gasteiger partial charge in [-0.3, -0.25) is 0 Å². The van der Waals surface area contributed by atoms with Gasteiger partial charge in [-0.15, -0.1) is 0 Å². The Bertz CT molecular complexity index is 536. The number of ether oxygens (including phenoxy) is 1. The minimum Gasteiger partial charge on any atom is -0.372 e. The van der Waals surface area contributed by atoms with Crippen molar-refractivity contribution < 1.29 is 4.74 Å². The van der Waals surface area contributed by atoms with E-state index in [4.69, 9.17) is 22.1 Å². The summed E-state index contributed by atoms with van der Waals surface area (Å²) < 4.78 is 7.65. The summed E-state index contributed by atoms with van der Waals surface area (Å²) in [7, 11) is 0. The topological polar surface area (TPSA) is 53.1 Å². The molecule has 2 rings (SSSR count). The van der Waals surface area contributed by atoms with Crippen LogP contribution in [-0.2, 0) is 11.3 Å². The van der Waals surface area contributed by atoms with E-state index in [9.17, 15) is 0 Å². The van der Waals surface area contributed by atoms with Gasteiger partial charge in [0, 0.05) is 17.6 Å². The quantitative estimate of drug-likeness (QED) is 0.848. The Balaban J connectivity index is 2.41. The van der Waals surface area contributed by atoms with E-state index in [1.165, 1.54) is 0 Å². The van der Waals surface area contributed by atoms with Crippen molar-refractivity contribution in [3.63, 3.8) is 0 Å². The molecule has 0 aliphatic heterocycles. The second kappa shape index (κ2) is 5.69. The Hall–Kier alpha value is -1.10. The highest BCUT2D eigenvalue weighted by molar-refractivity contribution is 6.31. The van der Waals surface area contributed by atoms with Crippen LogP contribution in [0.5, 0.6) is 0 Å². The maximum atomic E-state index is 5.99. The maximum absolute atomic E-state index is 5.99. The van der Waals surface area contributed by atoms with Gasteiger partial charge in [0.1, 0.15) is 12.4 Å². The average molecular weight is 268 g/mol. The van der Waals surface area contributed by atoms with Crippen LogP contribution in [0.25, 0.3) is 11.0 Å². The summed E-state index contributed by atoms with van der Waals surface area (Å²) in [4.78, 5) is 4.58. The second-order valence-corrected chi connectivity index (χ2v) is 4.90. The van der Waals surface area contributed by atoms with Crippen molar-refractivity contribution in [1.29, 1.82) is 0 Å². The van der Waals surface area contributed by atoms with Crippen molar-refractivity contribution in [2.24, 2.45) is 5.73 Å². The molecule has 0 fully saturated rings. The number of hydrogen-bond donors (Lipinski definition) is 1. The van der Waals surface area contributed by atoms with Gasteiger partial charge >= 0.3 is 0 Å². The van der Waals surface area contributed by atoms with E-state index >= 15 is 0 Å². The zero-order valence-corrected chi connectivity index (χ0v) is 11.4. The summed E-state index contributed by atoms with van der Waals surface area (Å²) in [5.74, 6) is 0.913. The molecule has 18 heavy (non-hydrogen) atoms. The molecule has 0 saturated heterocycles. The minimum absolute atomic E-state index is 0.327. The predicted octanol–water partition coefficient (Wildman–Crippen LogP) is 2.75. The molecule has 0 spiro atoms. The lowest BCUT2D eigenvalue weighted by atomic mass is 10.3. The fourth-order valence-electron chi connectivity index (χ4n) is 2.05. The number of aromatic nitrogens is 2. The van der Waals surface area contributed by atoms with Crippen LogP contribution >= 0.6 is 11.6 Å². The molecule has 4 nitrogen and oxygen atoms in total. The third-order valence-electron chi connectivity index (χ3n) is 2.73. The van der Waals surface area contributed by atoms with Gasteiger partial charge < -0.3 is 15.0 Å². The summed E-state index contributed by atoms with van der Waals surface area (Å²) in [6.07, 6.45) is 0. The monoisotopic (exact) mass is 267 g/mol. The number of hydrogen-bond acceptors (Lipinski definition) is 3. The highest BCUT2D eigenvalue weighted by Gasteiger charge is 2.13. The molecule has 1 aromatic heterocycles. The lowest BCUT2D eigenvalue weighted by molar-refractivity contribution is 0.119. The molecule has 0 bridgehead atoms. The summed E-state index contributed by atoms with van der Waals surface area (Å²) >= 11 is 5.99. The largest absolute Gasteiger partial charge is 0.372 e. The Morgan fingerprint density at radius 1 is 1.44 bits per heavy atom. The van der Waals surface area contributed by atoms with Crippen molar-refractivity contribution in [3.8, 4) is 0 Å². The fourth-order valence-corrected chi connectivity index (χ4v) is 2.21. The van der Waals surface area contributed by atoms with Gasteiger partial charge in [0.25, 0.3) is 0 Å². The Kier molecular flexibility index (Phi) is 4.22. The van der Waals surface area contributed by atoms with E-state index in [-0.39, 0.29) is 0 Å². The summed E-state index contributed by atoms with van der Waals surface area (Å²) in [5, 5.41) is 0.699. The van der Waals surface area contributed by atoms with Crippen LogP contribution in [0.1, 0.15) is 25.7 Å². The zero-order chi connectivity index (χ0) is 13.1. The van der Waals surface area contributed by atoms with Crippen molar-refractivity contribution in [1.82, 2.24) is 9.55 Å². The van der Waals surface area contributed by atoms with E-state index in [1.54, 1.807) is 0 Å². The Morgan fingerprint density at radius 2 is 2.22 bits per heavy atom. The number of benzene rings is 1. The molecule has 98 valence electrons. The van der Waals surface area contributed by atoms with Crippen LogP contribution in [0.3, 0.4) is 0 Å². The number of nitrogens with zero attached hydrogens (tertiary/aromatic N) is 2. The second-order valence-electron chi connectivity index (χ2n) is 4.47. The van der Waals surface area contributed by atoms with Crippen molar-refractivity contribution in [2.45, 2.75) is 26.5 Å². The molecule has 0 unspecified atom stereocenters. The number of nitrogens with two attached hydrogens (primary N) is 1. The van der Waals surface area contributed by atoms with Gasteiger partial charge in [-0.05, 0) is 32.0 Å². The normalized spacial score (nSPS) is 11.6. The molecule has 0 amide bonds. The third kappa shape index (κ3) is 2.66. The molecule has 0 radical (unpaired) electrons. The minimum atomic E-state index is 0.327. The maximum Gasteiger partial charge on any atom is 0.136 e. The third-order valence-corrected chi connectivity index (χ3v) is 2.97. The van der Waals surface area contributed by atoms with Crippen LogP contribution in [0.4, 0.5) is 0 Å². The van der Waals surface area contributed by atoms with Crippen molar-refractivity contribution in [3.05, 3.63) is 29.0 Å². The zero-order valence-electron chi connectivity index (χ0n) is 10.7. The summed E-state index contributed by atoms with van der Waals surface area (Å²) in [6.45, 7) is 5.79. The first-order valence-electron chi connectivity index (χ1n) is 6.07. The molecule has 5 heteroatoms. The molecule has 2 aromatic rings. The SMILES string of the molecule is CC(C)n1c(COCCN)nc2cc(Cl)ccc21. The van der Waals surface area contributed by atoms with Gasteiger partial charge in [-0.1, -0.05) is 11.6 Å². The van der Waals surface area contributed by atoms with Crippen molar-refractivity contribution >= 4 is 22.6 Å². The molecule has 0 aliphatic rings. The van der Waals surface area contributed by atoms with Crippen LogP contribution in [0.15, 0.2) is 18.2 Å². The average Bonchev–Trinajstić information content (AvgIpc) is 2.66. The molecule has 0 aliphatic carbocycles. The van der Waals surface area contributed by atoms with Gasteiger partial charge in [-0.25, -0.2) is 4.98 Å². The smallest absolute Gasteiger partial charge is 0.136 e. The molecule has 2 N–H and O–H groups in total. The first kappa shape index (κ1) is 13.3. The Labute approximate surface area is 112 Å². The standard InChI is InChI=1S/C13H18ClN3O/c1-9(2)17-12-4-3-10(14)7-11(12)16-13(17)8-18-6-5-15/h3-4,7,9H,5-6,8,15H2,1-2H3. The highest BCUT2D eigenvalue weighted by atomic mass is 35.5. The molecular formula is C13H18ClN3O. The van der Waals surface area contributed by atoms with E-state index in [0.717, 1.165) is 16.9 Å². The van der Waals surface area contributed by atoms with E-state index in [0.29, 0.717) is 30.8 Å². The molecule has 0 atom stereocenters. The summed E-state index contributed by atoms with van der Waals surface area (Å²) in [5.41, 5.74) is 7.40. The van der Waals surface area contributed by atoms with Crippen LogP contribution < -0.4 is 5.73 Å². The molecule has 0 saturated carbocycles. The molecule has 1 heterocycles. The van der Waals surface area contributed by atoms with Crippen LogP contribution in [0, 0.1) is 0 Å². The first-order valence-corrected chi connectivity index (χ1v) is 6.45. The van der Waals surface area contributed by atoms with Gasteiger partial charge in [0.15, 0.2) is 0 Å². The molecule has 1 aromatic carbocycles.